The van der Waals surface area contributed by atoms with Crippen molar-refractivity contribution < 1.29 is 13.9 Å². The van der Waals surface area contributed by atoms with Crippen LogP contribution in [-0.2, 0) is 4.74 Å². The summed E-state index contributed by atoms with van der Waals surface area (Å²) in [4.78, 5) is 20.6. The van der Waals surface area contributed by atoms with Gasteiger partial charge in [0, 0.05) is 32.4 Å². The van der Waals surface area contributed by atoms with Crippen LogP contribution < -0.4 is 4.90 Å². The second-order valence-corrected chi connectivity index (χ2v) is 5.96. The van der Waals surface area contributed by atoms with E-state index in [0.717, 1.165) is 11.4 Å². The summed E-state index contributed by atoms with van der Waals surface area (Å²) in [6.07, 6.45) is 1.32. The third-order valence-corrected chi connectivity index (χ3v) is 4.02. The summed E-state index contributed by atoms with van der Waals surface area (Å²) in [5.74, 6) is 0.366. The third-order valence-electron chi connectivity index (χ3n) is 4.02. The highest BCUT2D eigenvalue weighted by molar-refractivity contribution is 5.95. The number of hydrogen-bond donors (Lipinski definition) is 0. The first-order valence-electron chi connectivity index (χ1n) is 7.84. The van der Waals surface area contributed by atoms with Gasteiger partial charge in [0.1, 0.15) is 17.7 Å². The minimum atomic E-state index is -0.312. The van der Waals surface area contributed by atoms with Gasteiger partial charge in [0.05, 0.1) is 13.2 Å². The summed E-state index contributed by atoms with van der Waals surface area (Å²) in [7, 11) is 3.76. The zero-order valence-electron chi connectivity index (χ0n) is 13.8. The Hall–Kier alpha value is -2.47. The molecule has 1 aliphatic rings. The maximum absolute atomic E-state index is 13.4. The zero-order valence-corrected chi connectivity index (χ0v) is 13.8. The average Bonchev–Trinajstić information content (AvgIpc) is 2.61. The summed E-state index contributed by atoms with van der Waals surface area (Å²) in [5.41, 5.74) is 1.34. The highest BCUT2D eigenvalue weighted by atomic mass is 19.1. The largest absolute Gasteiger partial charge is 0.370 e. The fourth-order valence-electron chi connectivity index (χ4n) is 2.72. The molecule has 1 aliphatic heterocycles. The maximum Gasteiger partial charge on any atom is 0.254 e. The molecule has 1 unspecified atom stereocenters. The molecule has 1 aromatic carbocycles. The Bertz CT molecular complexity index is 736. The highest BCUT2D eigenvalue weighted by Crippen LogP contribution is 2.24. The molecule has 0 spiro atoms. The highest BCUT2D eigenvalue weighted by Gasteiger charge is 2.26. The quantitative estimate of drug-likeness (QED) is 0.868. The Kier molecular flexibility index (Phi) is 4.76. The number of pyridine rings is 1. The van der Waals surface area contributed by atoms with Gasteiger partial charge in [-0.15, -0.1) is 0 Å². The van der Waals surface area contributed by atoms with Crippen LogP contribution in [0.4, 0.5) is 10.2 Å². The van der Waals surface area contributed by atoms with E-state index in [1.54, 1.807) is 29.3 Å². The number of amides is 1. The van der Waals surface area contributed by atoms with Crippen molar-refractivity contribution in [3.63, 3.8) is 0 Å². The number of benzene rings is 1. The zero-order chi connectivity index (χ0) is 17.1. The predicted molar refractivity (Wildman–Crippen MR) is 89.6 cm³/mol. The SMILES string of the molecule is CN(C)c1cc(C(=O)N2CCOC(c3cccc(F)c3)C2)ccn1. The number of aromatic nitrogens is 1. The van der Waals surface area contributed by atoms with Crippen LogP contribution >= 0.6 is 0 Å². The summed E-state index contributed by atoms with van der Waals surface area (Å²) < 4.78 is 19.1. The van der Waals surface area contributed by atoms with Gasteiger partial charge in [0.2, 0.25) is 0 Å². The normalized spacial score (nSPS) is 17.6. The van der Waals surface area contributed by atoms with E-state index in [1.807, 2.05) is 25.1 Å². The number of carbonyl (C=O) groups is 1. The lowest BCUT2D eigenvalue weighted by molar-refractivity contribution is -0.0229. The molecule has 5 nitrogen and oxygen atoms in total. The smallest absolute Gasteiger partial charge is 0.254 e. The number of hydrogen-bond acceptors (Lipinski definition) is 4. The molecule has 1 saturated heterocycles. The summed E-state index contributed by atoms with van der Waals surface area (Å²) in [6.45, 7) is 1.35. The van der Waals surface area contributed by atoms with Crippen LogP contribution in [-0.4, -0.2) is 49.6 Å². The van der Waals surface area contributed by atoms with Crippen LogP contribution in [0.3, 0.4) is 0 Å². The Balaban J connectivity index is 1.77. The van der Waals surface area contributed by atoms with E-state index in [1.165, 1.54) is 12.1 Å². The third kappa shape index (κ3) is 3.54. The van der Waals surface area contributed by atoms with E-state index in [4.69, 9.17) is 4.74 Å². The Morgan fingerprint density at radius 1 is 1.33 bits per heavy atom. The summed E-state index contributed by atoms with van der Waals surface area (Å²) in [6, 6.07) is 9.81. The molecule has 3 rings (SSSR count). The van der Waals surface area contributed by atoms with Crippen molar-refractivity contribution >= 4 is 11.7 Å². The number of carbonyl (C=O) groups excluding carboxylic acids is 1. The average molecular weight is 329 g/mol. The molecule has 1 fully saturated rings. The molecule has 1 atom stereocenters. The molecule has 0 bridgehead atoms. The van der Waals surface area contributed by atoms with Gasteiger partial charge in [0.25, 0.3) is 5.91 Å². The van der Waals surface area contributed by atoms with Crippen molar-refractivity contribution in [3.8, 4) is 0 Å². The van der Waals surface area contributed by atoms with Gasteiger partial charge in [-0.1, -0.05) is 12.1 Å². The van der Waals surface area contributed by atoms with Crippen LogP contribution in [0.2, 0.25) is 0 Å². The fraction of sp³-hybridized carbons (Fsp3) is 0.333. The molecular formula is C18H20FN3O2. The molecule has 24 heavy (non-hydrogen) atoms. The van der Waals surface area contributed by atoms with Gasteiger partial charge in [-0.05, 0) is 29.8 Å². The van der Waals surface area contributed by atoms with Crippen molar-refractivity contribution in [2.24, 2.45) is 0 Å². The molecule has 1 aromatic heterocycles. The van der Waals surface area contributed by atoms with Crippen LogP contribution in [0.5, 0.6) is 0 Å². The molecule has 2 heterocycles. The molecule has 0 saturated carbocycles. The number of nitrogens with zero attached hydrogens (tertiary/aromatic N) is 3. The van der Waals surface area contributed by atoms with Gasteiger partial charge >= 0.3 is 0 Å². The molecule has 126 valence electrons. The first-order valence-corrected chi connectivity index (χ1v) is 7.84. The molecular weight excluding hydrogens is 309 g/mol. The van der Waals surface area contributed by atoms with E-state index >= 15 is 0 Å². The van der Waals surface area contributed by atoms with E-state index in [2.05, 4.69) is 4.98 Å². The number of anilines is 1. The summed E-state index contributed by atoms with van der Waals surface area (Å²) >= 11 is 0. The van der Waals surface area contributed by atoms with Gasteiger partial charge in [0.15, 0.2) is 0 Å². The van der Waals surface area contributed by atoms with E-state index in [0.29, 0.717) is 25.3 Å². The number of rotatable bonds is 3. The van der Waals surface area contributed by atoms with Crippen molar-refractivity contribution in [1.82, 2.24) is 9.88 Å². The Morgan fingerprint density at radius 2 is 2.17 bits per heavy atom. The lowest BCUT2D eigenvalue weighted by Crippen LogP contribution is -2.42. The fourth-order valence-corrected chi connectivity index (χ4v) is 2.72. The number of ether oxygens (including phenoxy) is 1. The Labute approximate surface area is 140 Å². The van der Waals surface area contributed by atoms with Crippen LogP contribution in [0.25, 0.3) is 0 Å². The first-order chi connectivity index (χ1) is 11.5. The molecule has 0 N–H and O–H groups in total. The monoisotopic (exact) mass is 329 g/mol. The minimum Gasteiger partial charge on any atom is -0.370 e. The molecule has 1 amide bonds. The van der Waals surface area contributed by atoms with E-state index < -0.39 is 0 Å². The van der Waals surface area contributed by atoms with Crippen molar-refractivity contribution in [1.29, 1.82) is 0 Å². The van der Waals surface area contributed by atoms with E-state index in [-0.39, 0.29) is 17.8 Å². The summed E-state index contributed by atoms with van der Waals surface area (Å²) in [5, 5.41) is 0. The molecule has 0 radical (unpaired) electrons. The molecule has 0 aliphatic carbocycles. The van der Waals surface area contributed by atoms with Crippen LogP contribution in [0.15, 0.2) is 42.6 Å². The van der Waals surface area contributed by atoms with Crippen molar-refractivity contribution in [2.45, 2.75) is 6.10 Å². The standard InChI is InChI=1S/C18H20FN3O2/c1-21(2)17-11-14(6-7-20-17)18(23)22-8-9-24-16(12-22)13-4-3-5-15(19)10-13/h3-7,10-11,16H,8-9,12H2,1-2H3. The van der Waals surface area contributed by atoms with Crippen LogP contribution in [0.1, 0.15) is 22.0 Å². The van der Waals surface area contributed by atoms with E-state index in [9.17, 15) is 9.18 Å². The van der Waals surface area contributed by atoms with Gasteiger partial charge in [-0.2, -0.15) is 0 Å². The first kappa shape index (κ1) is 16.4. The second-order valence-electron chi connectivity index (χ2n) is 5.96. The lowest BCUT2D eigenvalue weighted by atomic mass is 10.1. The van der Waals surface area contributed by atoms with Gasteiger partial charge in [-0.25, -0.2) is 9.37 Å². The predicted octanol–water partition coefficient (Wildman–Crippen LogP) is 2.50. The van der Waals surface area contributed by atoms with Gasteiger partial charge < -0.3 is 14.5 Å². The van der Waals surface area contributed by atoms with Crippen LogP contribution in [0, 0.1) is 5.82 Å². The maximum atomic E-state index is 13.4. The molecule has 2 aromatic rings. The van der Waals surface area contributed by atoms with Gasteiger partial charge in [-0.3, -0.25) is 4.79 Å². The lowest BCUT2D eigenvalue weighted by Gasteiger charge is -2.33. The van der Waals surface area contributed by atoms with Crippen molar-refractivity contribution in [3.05, 3.63) is 59.5 Å². The topological polar surface area (TPSA) is 45.7 Å². The van der Waals surface area contributed by atoms with Crippen molar-refractivity contribution in [2.75, 3.05) is 38.7 Å². The molecule has 6 heteroatoms. The number of halogens is 1. The minimum absolute atomic E-state index is 0.0646. The number of morpholine rings is 1. The Morgan fingerprint density at radius 3 is 2.92 bits per heavy atom. The second kappa shape index (κ2) is 6.97.